The number of methoxy groups -OCH3 is 1. The van der Waals surface area contributed by atoms with Crippen LogP contribution in [0.15, 0.2) is 18.2 Å². The molecule has 0 atom stereocenters. The molecule has 0 saturated heterocycles. The quantitative estimate of drug-likeness (QED) is 0.804. The van der Waals surface area contributed by atoms with Gasteiger partial charge in [0.1, 0.15) is 0 Å². The molecule has 1 heterocycles. The van der Waals surface area contributed by atoms with Gasteiger partial charge < -0.3 is 9.84 Å². The lowest BCUT2D eigenvalue weighted by Gasteiger charge is -2.05. The molecule has 0 unspecified atom stereocenters. The van der Waals surface area contributed by atoms with Gasteiger partial charge in [-0.2, -0.15) is 4.80 Å². The smallest absolute Gasteiger partial charge is 0.270 e. The maximum Gasteiger partial charge on any atom is 0.270 e. The van der Waals surface area contributed by atoms with Crippen LogP contribution in [0.2, 0.25) is 0 Å². The lowest BCUT2D eigenvalue weighted by molar-refractivity contribution is 0.102. The summed E-state index contributed by atoms with van der Waals surface area (Å²) in [5.74, 6) is -0.166. The molecule has 2 aromatic rings. The molecule has 8 nitrogen and oxygen atoms in total. The zero-order chi connectivity index (χ0) is 13.1. The number of nitrogens with one attached hydrogen (secondary N) is 1. The van der Waals surface area contributed by atoms with Gasteiger partial charge in [-0.15, -0.1) is 5.10 Å². The molecule has 0 radical (unpaired) electrons. The molecule has 0 bridgehead atoms. The summed E-state index contributed by atoms with van der Waals surface area (Å²) in [5.41, 5.74) is 0.265. The number of ether oxygens (including phenoxy) is 1. The fraction of sp³-hybridized carbons (Fsp3) is 0.200. The Morgan fingerprint density at radius 2 is 2.28 bits per heavy atom. The number of rotatable bonds is 3. The number of phenols is 1. The molecule has 18 heavy (non-hydrogen) atoms. The molecule has 1 aromatic heterocycles. The normalized spacial score (nSPS) is 10.1. The van der Waals surface area contributed by atoms with Crippen LogP contribution in [0.25, 0.3) is 0 Å². The minimum atomic E-state index is -0.444. The van der Waals surface area contributed by atoms with E-state index in [1.165, 1.54) is 30.1 Å². The Labute approximate surface area is 102 Å². The van der Waals surface area contributed by atoms with Crippen LogP contribution in [0.4, 0.5) is 5.95 Å². The van der Waals surface area contributed by atoms with Crippen molar-refractivity contribution in [2.75, 3.05) is 12.4 Å². The number of tetrazole rings is 1. The Bertz CT molecular complexity index is 581. The molecular formula is C10H11N5O3. The minimum Gasteiger partial charge on any atom is -0.504 e. The molecule has 94 valence electrons. The number of carbonyl (C=O) groups excluding carboxylic acids is 1. The number of hydrogen-bond acceptors (Lipinski definition) is 6. The molecule has 2 rings (SSSR count). The van der Waals surface area contributed by atoms with Crippen LogP contribution in [-0.4, -0.2) is 38.3 Å². The molecule has 0 spiro atoms. The van der Waals surface area contributed by atoms with Crippen molar-refractivity contribution in [2.24, 2.45) is 7.05 Å². The maximum absolute atomic E-state index is 11.8. The fourth-order valence-corrected chi connectivity index (χ4v) is 1.34. The third kappa shape index (κ3) is 2.37. The van der Waals surface area contributed by atoms with Gasteiger partial charge in [0, 0.05) is 5.56 Å². The van der Waals surface area contributed by atoms with Crippen molar-refractivity contribution >= 4 is 11.9 Å². The number of amides is 1. The van der Waals surface area contributed by atoms with E-state index in [2.05, 4.69) is 20.7 Å². The summed E-state index contributed by atoms with van der Waals surface area (Å²) >= 11 is 0. The topological polar surface area (TPSA) is 102 Å². The van der Waals surface area contributed by atoms with Crippen molar-refractivity contribution < 1.29 is 14.6 Å². The number of anilines is 1. The summed E-state index contributed by atoms with van der Waals surface area (Å²) in [6, 6.07) is 4.31. The zero-order valence-electron chi connectivity index (χ0n) is 9.78. The van der Waals surface area contributed by atoms with E-state index in [4.69, 9.17) is 4.74 Å². The number of phenolic OH excluding ortho intramolecular Hbond substituents is 1. The molecule has 0 aliphatic carbocycles. The number of aromatic nitrogens is 4. The van der Waals surface area contributed by atoms with Gasteiger partial charge in [0.15, 0.2) is 11.5 Å². The van der Waals surface area contributed by atoms with Crippen molar-refractivity contribution in [1.82, 2.24) is 20.2 Å². The number of aryl methyl sites for hydroxylation is 1. The van der Waals surface area contributed by atoms with Gasteiger partial charge in [-0.1, -0.05) is 5.10 Å². The largest absolute Gasteiger partial charge is 0.504 e. The highest BCUT2D eigenvalue weighted by atomic mass is 16.5. The standard InChI is InChI=1S/C10H11N5O3/c1-15-13-10(12-14-15)11-9(17)6-3-4-8(18-2)7(16)5-6/h3-5,16H,1-2H3,(H,11,13,17). The van der Waals surface area contributed by atoms with Crippen LogP contribution in [0.3, 0.4) is 0 Å². The van der Waals surface area contributed by atoms with Gasteiger partial charge in [-0.05, 0) is 23.4 Å². The summed E-state index contributed by atoms with van der Waals surface area (Å²) in [6.45, 7) is 0. The van der Waals surface area contributed by atoms with E-state index >= 15 is 0 Å². The summed E-state index contributed by atoms with van der Waals surface area (Å²) in [6.07, 6.45) is 0. The van der Waals surface area contributed by atoms with E-state index in [1.807, 2.05) is 0 Å². The second-order valence-electron chi connectivity index (χ2n) is 3.44. The van der Waals surface area contributed by atoms with Crippen molar-refractivity contribution in [2.45, 2.75) is 0 Å². The van der Waals surface area contributed by atoms with Crippen LogP contribution >= 0.6 is 0 Å². The third-order valence-corrected chi connectivity index (χ3v) is 2.17. The Hall–Kier alpha value is -2.64. The van der Waals surface area contributed by atoms with E-state index in [0.717, 1.165) is 0 Å². The molecule has 0 aliphatic rings. The zero-order valence-corrected chi connectivity index (χ0v) is 9.78. The van der Waals surface area contributed by atoms with E-state index in [-0.39, 0.29) is 17.3 Å². The Kier molecular flexibility index (Phi) is 3.09. The molecule has 8 heteroatoms. The predicted molar refractivity (Wildman–Crippen MR) is 61.4 cm³/mol. The lowest BCUT2D eigenvalue weighted by atomic mass is 10.2. The molecule has 1 amide bonds. The highest BCUT2D eigenvalue weighted by Crippen LogP contribution is 2.26. The number of hydrogen-bond donors (Lipinski definition) is 2. The highest BCUT2D eigenvalue weighted by Gasteiger charge is 2.11. The van der Waals surface area contributed by atoms with Gasteiger partial charge in [0.25, 0.3) is 11.9 Å². The van der Waals surface area contributed by atoms with Gasteiger partial charge >= 0.3 is 0 Å². The minimum absolute atomic E-state index is 0.0952. The van der Waals surface area contributed by atoms with E-state index in [0.29, 0.717) is 5.75 Å². The van der Waals surface area contributed by atoms with Crippen LogP contribution < -0.4 is 10.1 Å². The first-order valence-corrected chi connectivity index (χ1v) is 5.02. The van der Waals surface area contributed by atoms with Gasteiger partial charge in [0.2, 0.25) is 0 Å². The van der Waals surface area contributed by atoms with E-state index in [1.54, 1.807) is 7.05 Å². The fourth-order valence-electron chi connectivity index (χ4n) is 1.34. The van der Waals surface area contributed by atoms with Crippen molar-refractivity contribution in [3.8, 4) is 11.5 Å². The summed E-state index contributed by atoms with van der Waals surface area (Å²) in [5, 5.41) is 23.0. The van der Waals surface area contributed by atoms with Crippen molar-refractivity contribution in [3.63, 3.8) is 0 Å². The summed E-state index contributed by atoms with van der Waals surface area (Å²) < 4.78 is 4.88. The Morgan fingerprint density at radius 1 is 1.50 bits per heavy atom. The maximum atomic E-state index is 11.8. The molecule has 0 saturated carbocycles. The summed E-state index contributed by atoms with van der Waals surface area (Å²) in [7, 11) is 3.01. The molecule has 2 N–H and O–H groups in total. The third-order valence-electron chi connectivity index (χ3n) is 2.17. The van der Waals surface area contributed by atoms with Crippen LogP contribution in [0, 0.1) is 0 Å². The van der Waals surface area contributed by atoms with Gasteiger partial charge in [-0.3, -0.25) is 10.1 Å². The predicted octanol–water partition coefficient (Wildman–Crippen LogP) is 0.177. The monoisotopic (exact) mass is 249 g/mol. The molecule has 0 fully saturated rings. The SMILES string of the molecule is COc1ccc(C(=O)Nc2nnn(C)n2)cc1O. The number of benzene rings is 1. The highest BCUT2D eigenvalue weighted by molar-refractivity contribution is 6.03. The van der Waals surface area contributed by atoms with Crippen LogP contribution in [-0.2, 0) is 7.05 Å². The second kappa shape index (κ2) is 4.70. The number of nitrogens with zero attached hydrogens (tertiary/aromatic N) is 4. The van der Waals surface area contributed by atoms with E-state index < -0.39 is 5.91 Å². The average Bonchev–Trinajstić information content (AvgIpc) is 2.74. The Morgan fingerprint density at radius 3 is 2.83 bits per heavy atom. The Balaban J connectivity index is 2.16. The summed E-state index contributed by atoms with van der Waals surface area (Å²) in [4.78, 5) is 13.0. The second-order valence-corrected chi connectivity index (χ2v) is 3.44. The number of carbonyl (C=O) groups is 1. The van der Waals surface area contributed by atoms with Crippen LogP contribution in [0.5, 0.6) is 11.5 Å². The molecule has 0 aliphatic heterocycles. The van der Waals surface area contributed by atoms with Crippen molar-refractivity contribution in [3.05, 3.63) is 23.8 Å². The average molecular weight is 249 g/mol. The van der Waals surface area contributed by atoms with Crippen LogP contribution in [0.1, 0.15) is 10.4 Å². The first-order valence-electron chi connectivity index (χ1n) is 5.02. The van der Waals surface area contributed by atoms with E-state index in [9.17, 15) is 9.90 Å². The lowest BCUT2D eigenvalue weighted by Crippen LogP contribution is -2.13. The van der Waals surface area contributed by atoms with Gasteiger partial charge in [-0.25, -0.2) is 0 Å². The first kappa shape index (κ1) is 11.8. The molecular weight excluding hydrogens is 238 g/mol. The number of aromatic hydroxyl groups is 1. The van der Waals surface area contributed by atoms with Gasteiger partial charge in [0.05, 0.1) is 14.2 Å². The molecule has 1 aromatic carbocycles. The van der Waals surface area contributed by atoms with Crippen molar-refractivity contribution in [1.29, 1.82) is 0 Å². The first-order chi connectivity index (χ1) is 8.60.